The lowest BCUT2D eigenvalue weighted by Gasteiger charge is -2.12. The van der Waals surface area contributed by atoms with Gasteiger partial charge >= 0.3 is 0 Å². The Morgan fingerprint density at radius 1 is 0.536 bits per heavy atom. The maximum Gasteiger partial charge on any atom is 0.246 e. The third-order valence-electron chi connectivity index (χ3n) is 5.52. The van der Waals surface area contributed by atoms with Crippen molar-refractivity contribution in [2.75, 3.05) is 0 Å². The van der Waals surface area contributed by atoms with Gasteiger partial charge in [-0.15, -0.1) is 0 Å². The van der Waals surface area contributed by atoms with E-state index in [1.807, 2.05) is 16.8 Å². The van der Waals surface area contributed by atoms with E-state index in [4.69, 9.17) is 5.10 Å². The van der Waals surface area contributed by atoms with Crippen LogP contribution in [0.4, 0.5) is 0 Å². The van der Waals surface area contributed by atoms with Crippen LogP contribution in [0.2, 0.25) is 0 Å². The Bertz CT molecular complexity index is 1500. The number of nitrogens with zero attached hydrogens (tertiary/aromatic N) is 2. The third-order valence-corrected chi connectivity index (χ3v) is 5.52. The first-order valence-electron chi connectivity index (χ1n) is 9.51. The van der Waals surface area contributed by atoms with Crippen LogP contribution < -0.4 is 4.52 Å². The average molecular weight is 357 g/mol. The number of benzene rings is 4. The van der Waals surface area contributed by atoms with Gasteiger partial charge in [-0.2, -0.15) is 0 Å². The lowest BCUT2D eigenvalue weighted by atomic mass is 9.92. The van der Waals surface area contributed by atoms with E-state index in [1.54, 1.807) is 0 Å². The molecule has 130 valence electrons. The smallest absolute Gasteiger partial charge is 0.0622 e. The number of hydrogen-bond acceptors (Lipinski definition) is 1. The van der Waals surface area contributed by atoms with Gasteiger partial charge in [0.2, 0.25) is 11.7 Å². The van der Waals surface area contributed by atoms with Gasteiger partial charge in [-0.25, -0.2) is 0 Å². The molecule has 0 unspecified atom stereocenters. The molecule has 6 aromatic rings. The van der Waals surface area contributed by atoms with E-state index < -0.39 is 0 Å². The molecule has 0 N–H and O–H groups in total. The van der Waals surface area contributed by atoms with Gasteiger partial charge < -0.3 is 0 Å². The highest BCUT2D eigenvalue weighted by Gasteiger charge is 2.21. The highest BCUT2D eigenvalue weighted by molar-refractivity contribution is 6.28. The second kappa shape index (κ2) is 5.86. The number of fused-ring (bicyclic) bond motifs is 7. The summed E-state index contributed by atoms with van der Waals surface area (Å²) in [5.74, 6) is 0. The molecule has 4 aromatic carbocycles. The van der Waals surface area contributed by atoms with Crippen molar-refractivity contribution in [3.8, 4) is 11.1 Å². The Balaban J connectivity index is 2.00. The fourth-order valence-electron chi connectivity index (χ4n) is 4.33. The zero-order valence-electron chi connectivity index (χ0n) is 15.2. The molecular formula is C26H17N2+. The Morgan fingerprint density at radius 3 is 1.93 bits per heavy atom. The van der Waals surface area contributed by atoms with Gasteiger partial charge in [-0.1, -0.05) is 83.4 Å². The quantitative estimate of drug-likeness (QED) is 0.202. The Kier molecular flexibility index (Phi) is 3.20. The molecule has 2 nitrogen and oxygen atoms in total. The Labute approximate surface area is 162 Å². The summed E-state index contributed by atoms with van der Waals surface area (Å²) in [5, 5.41) is 11.2. The molecule has 28 heavy (non-hydrogen) atoms. The van der Waals surface area contributed by atoms with Crippen molar-refractivity contribution in [3.05, 3.63) is 103 Å². The molecule has 0 aliphatic rings. The molecule has 6 rings (SSSR count). The molecule has 2 heterocycles. The van der Waals surface area contributed by atoms with Crippen molar-refractivity contribution < 1.29 is 4.52 Å². The highest BCUT2D eigenvalue weighted by atomic mass is 15.2. The lowest BCUT2D eigenvalue weighted by molar-refractivity contribution is -0.577. The molecule has 0 aliphatic carbocycles. The van der Waals surface area contributed by atoms with Crippen molar-refractivity contribution in [3.63, 3.8) is 0 Å². The molecule has 0 aliphatic heterocycles. The minimum Gasteiger partial charge on any atom is -0.0622 e. The van der Waals surface area contributed by atoms with E-state index in [0.717, 1.165) is 11.0 Å². The summed E-state index contributed by atoms with van der Waals surface area (Å²) in [7, 11) is 0. The van der Waals surface area contributed by atoms with E-state index in [-0.39, 0.29) is 0 Å². The van der Waals surface area contributed by atoms with E-state index in [0.29, 0.717) is 0 Å². The minimum absolute atomic E-state index is 1.04. The van der Waals surface area contributed by atoms with Crippen LogP contribution in [-0.2, 0) is 0 Å². The Hall–Kier alpha value is -3.78. The van der Waals surface area contributed by atoms with Gasteiger partial charge in [0.05, 0.1) is 5.56 Å². The minimum atomic E-state index is 1.04. The predicted molar refractivity (Wildman–Crippen MR) is 115 cm³/mol. The number of hydrogen-bond donors (Lipinski definition) is 0. The third kappa shape index (κ3) is 2.09. The normalized spacial score (nSPS) is 11.6. The fraction of sp³-hybridized carbons (Fsp3) is 0. The number of pyridine rings is 1. The largest absolute Gasteiger partial charge is 0.246 e. The van der Waals surface area contributed by atoms with Gasteiger partial charge in [0.15, 0.2) is 0 Å². The highest BCUT2D eigenvalue weighted by Crippen LogP contribution is 2.39. The summed E-state index contributed by atoms with van der Waals surface area (Å²) >= 11 is 0. The van der Waals surface area contributed by atoms with Crippen molar-refractivity contribution in [2.24, 2.45) is 0 Å². The predicted octanol–water partition coefficient (Wildman–Crippen LogP) is 5.95. The van der Waals surface area contributed by atoms with Crippen LogP contribution in [0.1, 0.15) is 0 Å². The summed E-state index contributed by atoms with van der Waals surface area (Å²) in [5.41, 5.74) is 4.59. The van der Waals surface area contributed by atoms with Crippen molar-refractivity contribution >= 4 is 38.0 Å². The topological polar surface area (TPSA) is 17.0 Å². The SMILES string of the molecule is c1ccc(-c2c3c4ccccc4c4ccccc4c3n[n+]3ccccc23)cc1. The van der Waals surface area contributed by atoms with Crippen molar-refractivity contribution in [1.29, 1.82) is 0 Å². The van der Waals surface area contributed by atoms with E-state index in [1.165, 1.54) is 38.1 Å². The summed E-state index contributed by atoms with van der Waals surface area (Å²) in [4.78, 5) is 0. The van der Waals surface area contributed by atoms with Crippen LogP contribution >= 0.6 is 0 Å². The second-order valence-electron chi connectivity index (χ2n) is 7.09. The molecule has 0 atom stereocenters. The van der Waals surface area contributed by atoms with Crippen LogP contribution in [0, 0.1) is 0 Å². The fourth-order valence-corrected chi connectivity index (χ4v) is 4.33. The molecule has 0 saturated heterocycles. The number of rotatable bonds is 1. The van der Waals surface area contributed by atoms with Gasteiger partial charge in [-0.05, 0) is 27.8 Å². The van der Waals surface area contributed by atoms with E-state index in [9.17, 15) is 0 Å². The summed E-state index contributed by atoms with van der Waals surface area (Å²) in [6.45, 7) is 0. The second-order valence-corrected chi connectivity index (χ2v) is 7.09. The summed E-state index contributed by atoms with van der Waals surface area (Å²) in [6.07, 6.45) is 2.03. The van der Waals surface area contributed by atoms with Crippen molar-refractivity contribution in [2.45, 2.75) is 0 Å². The van der Waals surface area contributed by atoms with Crippen LogP contribution in [0.25, 0.3) is 49.1 Å². The van der Waals surface area contributed by atoms with Gasteiger partial charge in [0.25, 0.3) is 0 Å². The van der Waals surface area contributed by atoms with Crippen LogP contribution in [0.3, 0.4) is 0 Å². The number of aromatic nitrogens is 2. The summed E-state index contributed by atoms with van der Waals surface area (Å²) in [6, 6.07) is 34.2. The molecule has 0 saturated carbocycles. The molecule has 0 bridgehead atoms. The van der Waals surface area contributed by atoms with Gasteiger partial charge in [0, 0.05) is 28.0 Å². The van der Waals surface area contributed by atoms with Gasteiger partial charge in [-0.3, -0.25) is 0 Å². The maximum atomic E-state index is 5.06. The van der Waals surface area contributed by atoms with Crippen LogP contribution in [0.15, 0.2) is 103 Å². The first-order valence-corrected chi connectivity index (χ1v) is 9.51. The van der Waals surface area contributed by atoms with E-state index >= 15 is 0 Å². The Morgan fingerprint density at radius 2 is 1.14 bits per heavy atom. The lowest BCUT2D eigenvalue weighted by Crippen LogP contribution is -2.26. The molecule has 2 heteroatoms. The maximum absolute atomic E-state index is 5.06. The molecule has 0 amide bonds. The molecule has 2 aromatic heterocycles. The molecule has 0 spiro atoms. The molecule has 0 radical (unpaired) electrons. The van der Waals surface area contributed by atoms with Crippen molar-refractivity contribution in [1.82, 2.24) is 5.10 Å². The first kappa shape index (κ1) is 15.3. The zero-order chi connectivity index (χ0) is 18.5. The first-order chi connectivity index (χ1) is 13.9. The average Bonchev–Trinajstić information content (AvgIpc) is 2.78. The van der Waals surface area contributed by atoms with E-state index in [2.05, 4.69) is 91.0 Å². The van der Waals surface area contributed by atoms with Crippen LogP contribution in [0.5, 0.6) is 0 Å². The molecule has 0 fully saturated rings. The van der Waals surface area contributed by atoms with Gasteiger partial charge in [0.1, 0.15) is 5.52 Å². The standard InChI is InChI=1S/C26H17N2/c1-2-10-18(11-3-1)24-23-16-8-9-17-28(23)27-26-22-15-7-5-13-20(22)19-12-4-6-14-21(19)25(24)26/h1-17H/q+1. The van der Waals surface area contributed by atoms with Crippen LogP contribution in [-0.4, -0.2) is 5.10 Å². The summed E-state index contributed by atoms with van der Waals surface area (Å²) < 4.78 is 2.01. The monoisotopic (exact) mass is 357 g/mol. The molecular weight excluding hydrogens is 340 g/mol. The zero-order valence-corrected chi connectivity index (χ0v) is 15.2.